The van der Waals surface area contributed by atoms with Gasteiger partial charge in [-0.15, -0.1) is 22.7 Å². The topological polar surface area (TPSA) is 133 Å². The fraction of sp³-hybridized carbons (Fsp3) is 0.455. The number of thiophene rings is 2. The van der Waals surface area contributed by atoms with Gasteiger partial charge >= 0.3 is 11.9 Å². The summed E-state index contributed by atoms with van der Waals surface area (Å²) >= 11 is 2.38. The van der Waals surface area contributed by atoms with Gasteiger partial charge in [-0.2, -0.15) is 0 Å². The minimum Gasteiger partial charge on any atom is -0.478 e. The molecule has 0 radical (unpaired) electrons. The number of carboxylic acid groups (broad SMARTS) is 2. The lowest BCUT2D eigenvalue weighted by Crippen LogP contribution is -2.15. The third-order valence-corrected chi connectivity index (χ3v) is 6.70. The van der Waals surface area contributed by atoms with Crippen molar-refractivity contribution in [1.29, 1.82) is 0 Å². The first-order valence-electron chi connectivity index (χ1n) is 10.3. The van der Waals surface area contributed by atoms with Crippen molar-refractivity contribution in [1.82, 2.24) is 0 Å². The number of carbonyl (C=O) groups is 4. The normalized spacial score (nSPS) is 11.1. The summed E-state index contributed by atoms with van der Waals surface area (Å²) in [5.41, 5.74) is 1.63. The number of unbranched alkanes of at least 4 members (excludes halogenated alkanes) is 1. The maximum Gasteiger partial charge on any atom is 0.339 e. The van der Waals surface area contributed by atoms with Crippen molar-refractivity contribution in [3.05, 3.63) is 33.0 Å². The number of aromatic carboxylic acids is 2. The zero-order chi connectivity index (χ0) is 24.0. The molecule has 2 heterocycles. The zero-order valence-electron chi connectivity index (χ0n) is 18.5. The Labute approximate surface area is 194 Å². The Kier molecular flexibility index (Phi) is 8.97. The maximum atomic E-state index is 12.2. The van der Waals surface area contributed by atoms with Crippen LogP contribution in [0.25, 0.3) is 0 Å². The van der Waals surface area contributed by atoms with E-state index >= 15 is 0 Å². The second kappa shape index (κ2) is 11.2. The summed E-state index contributed by atoms with van der Waals surface area (Å²) in [6.07, 6.45) is 1.19. The second-order valence-electron chi connectivity index (χ2n) is 8.01. The Bertz CT molecular complexity index is 926. The van der Waals surface area contributed by atoms with E-state index in [-0.39, 0.29) is 47.6 Å². The predicted molar refractivity (Wildman–Crippen MR) is 126 cm³/mol. The number of nitrogens with one attached hydrogen (secondary N) is 2. The Hall–Kier alpha value is -2.72. The standard InChI is InChI=1S/C22H28N2O6S2/c1-11(2)13-9-31-19(17(13)21(27)28)23-15(25)7-5-6-8-16(26)24-20-18(22(29)30)14(10-32-20)12(3)4/h9-12H,5-8H2,1-4H3,(H,23,25)(H,24,26)(H,27,28)(H,29,30). The minimum absolute atomic E-state index is 0.0307. The Balaban J connectivity index is 1.84. The van der Waals surface area contributed by atoms with Crippen molar-refractivity contribution < 1.29 is 29.4 Å². The lowest BCUT2D eigenvalue weighted by Gasteiger charge is -2.08. The molecule has 0 saturated carbocycles. The van der Waals surface area contributed by atoms with Gasteiger partial charge in [0.1, 0.15) is 10.0 Å². The molecule has 0 aliphatic heterocycles. The summed E-state index contributed by atoms with van der Waals surface area (Å²) in [6, 6.07) is 0. The Morgan fingerprint density at radius 1 is 0.750 bits per heavy atom. The van der Waals surface area contributed by atoms with Crippen LogP contribution in [0.3, 0.4) is 0 Å². The molecule has 10 heteroatoms. The largest absolute Gasteiger partial charge is 0.478 e. The molecule has 0 aliphatic carbocycles. The molecule has 2 rings (SSSR count). The average molecular weight is 481 g/mol. The van der Waals surface area contributed by atoms with Crippen molar-refractivity contribution in [3.8, 4) is 0 Å². The van der Waals surface area contributed by atoms with Gasteiger partial charge in [-0.1, -0.05) is 27.7 Å². The molecule has 2 aromatic heterocycles. The monoisotopic (exact) mass is 480 g/mol. The first kappa shape index (κ1) is 25.5. The molecular weight excluding hydrogens is 452 g/mol. The van der Waals surface area contributed by atoms with Gasteiger partial charge in [-0.05, 0) is 46.6 Å². The van der Waals surface area contributed by atoms with Gasteiger partial charge in [0.15, 0.2) is 0 Å². The SMILES string of the molecule is CC(C)c1csc(NC(=O)CCCCC(=O)Nc2scc(C(C)C)c2C(=O)O)c1C(=O)O. The highest BCUT2D eigenvalue weighted by atomic mass is 32.1. The maximum absolute atomic E-state index is 12.2. The molecule has 0 fully saturated rings. The molecule has 2 amide bonds. The Morgan fingerprint density at radius 3 is 1.38 bits per heavy atom. The second-order valence-corrected chi connectivity index (χ2v) is 9.77. The molecule has 0 spiro atoms. The fourth-order valence-electron chi connectivity index (χ4n) is 3.17. The molecule has 2 aromatic rings. The van der Waals surface area contributed by atoms with Crippen LogP contribution in [0.5, 0.6) is 0 Å². The summed E-state index contributed by atoms with van der Waals surface area (Å²) in [7, 11) is 0. The molecule has 0 atom stereocenters. The highest BCUT2D eigenvalue weighted by Gasteiger charge is 2.23. The third kappa shape index (κ3) is 6.39. The molecule has 174 valence electrons. The fourth-order valence-corrected chi connectivity index (χ4v) is 5.43. The van der Waals surface area contributed by atoms with E-state index in [1.807, 2.05) is 27.7 Å². The summed E-state index contributed by atoms with van der Waals surface area (Å²) in [6.45, 7) is 7.57. The number of anilines is 2. The van der Waals surface area contributed by atoms with E-state index in [0.29, 0.717) is 34.0 Å². The molecule has 0 unspecified atom stereocenters. The molecular formula is C22H28N2O6S2. The van der Waals surface area contributed by atoms with Gasteiger partial charge in [-0.25, -0.2) is 9.59 Å². The van der Waals surface area contributed by atoms with Crippen LogP contribution in [-0.4, -0.2) is 34.0 Å². The lowest BCUT2D eigenvalue weighted by atomic mass is 10.0. The van der Waals surface area contributed by atoms with Crippen LogP contribution < -0.4 is 10.6 Å². The van der Waals surface area contributed by atoms with Gasteiger partial charge in [0.25, 0.3) is 0 Å². The van der Waals surface area contributed by atoms with E-state index in [9.17, 15) is 29.4 Å². The van der Waals surface area contributed by atoms with Crippen molar-refractivity contribution in [3.63, 3.8) is 0 Å². The minimum atomic E-state index is -1.07. The summed E-state index contributed by atoms with van der Waals surface area (Å²) in [5.74, 6) is -2.70. The smallest absolute Gasteiger partial charge is 0.339 e. The van der Waals surface area contributed by atoms with Gasteiger partial charge in [-0.3, -0.25) is 9.59 Å². The van der Waals surface area contributed by atoms with E-state index in [2.05, 4.69) is 10.6 Å². The molecule has 0 aliphatic rings. The summed E-state index contributed by atoms with van der Waals surface area (Å²) in [5, 5.41) is 28.4. The van der Waals surface area contributed by atoms with Crippen LogP contribution in [0.2, 0.25) is 0 Å². The molecule has 0 bridgehead atoms. The first-order valence-corrected chi connectivity index (χ1v) is 12.1. The van der Waals surface area contributed by atoms with E-state index in [1.54, 1.807) is 10.8 Å². The molecule has 0 aromatic carbocycles. The average Bonchev–Trinajstić information content (AvgIpc) is 3.29. The van der Waals surface area contributed by atoms with Crippen molar-refractivity contribution >= 4 is 56.4 Å². The van der Waals surface area contributed by atoms with Crippen molar-refractivity contribution in [2.24, 2.45) is 0 Å². The van der Waals surface area contributed by atoms with Crippen LogP contribution in [0.4, 0.5) is 10.0 Å². The van der Waals surface area contributed by atoms with Crippen LogP contribution in [-0.2, 0) is 9.59 Å². The van der Waals surface area contributed by atoms with Gasteiger partial charge in [0.05, 0.1) is 11.1 Å². The molecule has 4 N–H and O–H groups in total. The summed E-state index contributed by atoms with van der Waals surface area (Å²) < 4.78 is 0. The molecule has 8 nitrogen and oxygen atoms in total. The Morgan fingerprint density at radius 2 is 1.09 bits per heavy atom. The number of carboxylic acids is 2. The number of hydrogen-bond donors (Lipinski definition) is 4. The highest BCUT2D eigenvalue weighted by molar-refractivity contribution is 7.15. The van der Waals surface area contributed by atoms with Gasteiger partial charge in [0.2, 0.25) is 11.8 Å². The summed E-state index contributed by atoms with van der Waals surface area (Å²) in [4.78, 5) is 47.6. The van der Waals surface area contributed by atoms with Crippen molar-refractivity contribution in [2.75, 3.05) is 10.6 Å². The third-order valence-electron chi connectivity index (χ3n) is 4.87. The van der Waals surface area contributed by atoms with Gasteiger partial charge in [0, 0.05) is 12.8 Å². The van der Waals surface area contributed by atoms with E-state index in [1.165, 1.54) is 22.7 Å². The van der Waals surface area contributed by atoms with Crippen LogP contribution in [0.15, 0.2) is 10.8 Å². The number of rotatable bonds is 11. The van der Waals surface area contributed by atoms with Crippen LogP contribution in [0.1, 0.15) is 97.1 Å². The first-order chi connectivity index (χ1) is 15.0. The van der Waals surface area contributed by atoms with Crippen LogP contribution in [0, 0.1) is 0 Å². The lowest BCUT2D eigenvalue weighted by molar-refractivity contribution is -0.118. The van der Waals surface area contributed by atoms with Gasteiger partial charge < -0.3 is 20.8 Å². The number of hydrogen-bond acceptors (Lipinski definition) is 6. The van der Waals surface area contributed by atoms with E-state index in [4.69, 9.17) is 0 Å². The zero-order valence-corrected chi connectivity index (χ0v) is 20.1. The van der Waals surface area contributed by atoms with Crippen molar-refractivity contribution in [2.45, 2.75) is 65.2 Å². The number of carbonyl (C=O) groups excluding carboxylic acids is 2. The molecule has 32 heavy (non-hydrogen) atoms. The van der Waals surface area contributed by atoms with Crippen LogP contribution >= 0.6 is 22.7 Å². The van der Waals surface area contributed by atoms with E-state index < -0.39 is 11.9 Å². The molecule has 0 saturated heterocycles. The quantitative estimate of drug-likeness (QED) is 0.310. The highest BCUT2D eigenvalue weighted by Crippen LogP contribution is 2.34. The predicted octanol–water partition coefficient (Wildman–Crippen LogP) is 5.59. The van der Waals surface area contributed by atoms with E-state index in [0.717, 1.165) is 0 Å². The number of amides is 2.